The molecule has 0 aromatic heterocycles. The molecule has 0 bridgehead atoms. The Bertz CT molecular complexity index is 1160. The number of hydrogen-bond donors (Lipinski definition) is 2. The summed E-state index contributed by atoms with van der Waals surface area (Å²) in [7, 11) is 0. The third kappa shape index (κ3) is 4.09. The first-order valence-electron chi connectivity index (χ1n) is 12.1. The summed E-state index contributed by atoms with van der Waals surface area (Å²) >= 11 is 0. The van der Waals surface area contributed by atoms with Crippen LogP contribution < -0.4 is 5.32 Å². The lowest BCUT2D eigenvalue weighted by Gasteiger charge is -2.23. The van der Waals surface area contributed by atoms with Crippen molar-refractivity contribution < 1.29 is 24.2 Å². The topological polar surface area (TPSA) is 95.9 Å². The lowest BCUT2D eigenvalue weighted by molar-refractivity contribution is -0.149. The highest BCUT2D eigenvalue weighted by atomic mass is 16.5. The number of nitrogens with zero attached hydrogens (tertiary/aromatic N) is 1. The summed E-state index contributed by atoms with van der Waals surface area (Å²) in [6.45, 7) is 4.43. The SMILES string of the molecule is C[C@H]1CN(C(=O)C2C=CC(NC(=O)OCC3c4ccccc4-c4ccccc43)C2)C[C@]1(C)C(=O)O. The van der Waals surface area contributed by atoms with E-state index < -0.39 is 17.5 Å². The maximum Gasteiger partial charge on any atom is 0.407 e. The molecule has 0 radical (unpaired) electrons. The molecule has 2 unspecified atom stereocenters. The summed E-state index contributed by atoms with van der Waals surface area (Å²) in [5.74, 6) is -1.48. The number of nitrogens with one attached hydrogen (secondary N) is 1. The normalized spacial score (nSPS) is 26.9. The Morgan fingerprint density at radius 2 is 1.69 bits per heavy atom. The van der Waals surface area contributed by atoms with Gasteiger partial charge in [-0.15, -0.1) is 0 Å². The lowest BCUT2D eigenvalue weighted by atomic mass is 9.81. The van der Waals surface area contributed by atoms with E-state index in [1.165, 1.54) is 11.1 Å². The second kappa shape index (κ2) is 8.87. The van der Waals surface area contributed by atoms with Crippen LogP contribution >= 0.6 is 0 Å². The second-order valence-electron chi connectivity index (χ2n) is 10.1. The first-order chi connectivity index (χ1) is 16.8. The van der Waals surface area contributed by atoms with E-state index in [9.17, 15) is 19.5 Å². The third-order valence-electron chi connectivity index (χ3n) is 7.95. The number of carboxylic acids is 1. The summed E-state index contributed by atoms with van der Waals surface area (Å²) in [6.07, 6.45) is 3.55. The molecule has 1 heterocycles. The number of likely N-dealkylation sites (tertiary alicyclic amines) is 1. The predicted octanol–water partition coefficient (Wildman–Crippen LogP) is 4.04. The van der Waals surface area contributed by atoms with Crippen molar-refractivity contribution in [3.8, 4) is 11.1 Å². The van der Waals surface area contributed by atoms with Crippen molar-refractivity contribution in [2.24, 2.45) is 17.3 Å². The van der Waals surface area contributed by atoms with Gasteiger partial charge in [-0.05, 0) is 41.5 Å². The van der Waals surface area contributed by atoms with E-state index in [1.54, 1.807) is 17.9 Å². The fourth-order valence-corrected chi connectivity index (χ4v) is 5.61. The molecule has 0 spiro atoms. The van der Waals surface area contributed by atoms with Gasteiger partial charge in [0, 0.05) is 19.0 Å². The minimum atomic E-state index is -0.934. The van der Waals surface area contributed by atoms with Crippen LogP contribution in [-0.2, 0) is 14.3 Å². The number of ether oxygens (including phenoxy) is 1. The Balaban J connectivity index is 1.15. The molecule has 1 aliphatic heterocycles. The van der Waals surface area contributed by atoms with Crippen LogP contribution in [0.25, 0.3) is 11.1 Å². The molecule has 182 valence electrons. The zero-order valence-electron chi connectivity index (χ0n) is 19.9. The molecule has 2 amide bonds. The number of benzene rings is 2. The molecule has 1 fully saturated rings. The van der Waals surface area contributed by atoms with Crippen LogP contribution in [0, 0.1) is 17.3 Å². The quantitative estimate of drug-likeness (QED) is 0.638. The van der Waals surface area contributed by atoms with Crippen LogP contribution in [-0.4, -0.2) is 53.7 Å². The monoisotopic (exact) mass is 474 g/mol. The van der Waals surface area contributed by atoms with Crippen molar-refractivity contribution in [2.75, 3.05) is 19.7 Å². The molecular weight excluding hydrogens is 444 g/mol. The highest BCUT2D eigenvalue weighted by Gasteiger charge is 2.48. The molecule has 1 saturated heterocycles. The van der Waals surface area contributed by atoms with Crippen LogP contribution in [0.4, 0.5) is 4.79 Å². The lowest BCUT2D eigenvalue weighted by Crippen LogP contribution is -2.39. The van der Waals surface area contributed by atoms with Gasteiger partial charge in [-0.3, -0.25) is 9.59 Å². The maximum atomic E-state index is 13.0. The van der Waals surface area contributed by atoms with E-state index in [0.29, 0.717) is 13.0 Å². The van der Waals surface area contributed by atoms with Crippen molar-refractivity contribution in [1.82, 2.24) is 10.2 Å². The van der Waals surface area contributed by atoms with Gasteiger partial charge in [-0.25, -0.2) is 4.79 Å². The zero-order chi connectivity index (χ0) is 24.7. The van der Waals surface area contributed by atoms with Gasteiger partial charge in [0.15, 0.2) is 0 Å². The molecule has 7 heteroatoms. The molecule has 2 aromatic rings. The maximum absolute atomic E-state index is 13.0. The Morgan fingerprint density at radius 3 is 2.29 bits per heavy atom. The van der Waals surface area contributed by atoms with Crippen molar-refractivity contribution >= 4 is 18.0 Å². The highest BCUT2D eigenvalue weighted by Crippen LogP contribution is 2.44. The van der Waals surface area contributed by atoms with Crippen LogP contribution in [0.3, 0.4) is 0 Å². The molecule has 2 aliphatic carbocycles. The average molecular weight is 475 g/mol. The number of fused-ring (bicyclic) bond motifs is 3. The predicted molar refractivity (Wildman–Crippen MR) is 131 cm³/mol. The van der Waals surface area contributed by atoms with E-state index in [4.69, 9.17) is 4.74 Å². The number of hydrogen-bond acceptors (Lipinski definition) is 4. The number of rotatable bonds is 5. The summed E-state index contributed by atoms with van der Waals surface area (Å²) in [5.41, 5.74) is 3.72. The molecule has 2 aromatic carbocycles. The van der Waals surface area contributed by atoms with Crippen molar-refractivity contribution in [2.45, 2.75) is 32.2 Å². The molecule has 5 rings (SSSR count). The van der Waals surface area contributed by atoms with Gasteiger partial charge < -0.3 is 20.1 Å². The standard InChI is InChI=1S/C28H30N2O5/c1-17-14-30(16-28(17,2)26(32)33)25(31)18-11-12-19(13-18)29-27(34)35-15-24-22-9-5-3-7-20(22)21-8-4-6-10-23(21)24/h3-12,17-19,24H,13-16H2,1-2H3,(H,29,34)(H,32,33)/t17-,18?,19?,28-/m0/s1. The first kappa shape index (κ1) is 23.1. The largest absolute Gasteiger partial charge is 0.481 e. The Morgan fingerprint density at radius 1 is 1.06 bits per heavy atom. The number of alkyl carbamates (subject to hydrolysis) is 1. The van der Waals surface area contributed by atoms with Gasteiger partial charge >= 0.3 is 12.1 Å². The van der Waals surface area contributed by atoms with E-state index in [-0.39, 0.29) is 42.9 Å². The van der Waals surface area contributed by atoms with Crippen molar-refractivity contribution in [3.05, 3.63) is 71.8 Å². The number of carbonyl (C=O) groups excluding carboxylic acids is 2. The van der Waals surface area contributed by atoms with Gasteiger partial charge in [0.1, 0.15) is 6.61 Å². The van der Waals surface area contributed by atoms with Gasteiger partial charge in [-0.2, -0.15) is 0 Å². The zero-order valence-corrected chi connectivity index (χ0v) is 19.9. The fraction of sp³-hybridized carbons (Fsp3) is 0.393. The smallest absolute Gasteiger partial charge is 0.407 e. The van der Waals surface area contributed by atoms with E-state index in [0.717, 1.165) is 11.1 Å². The second-order valence-corrected chi connectivity index (χ2v) is 10.1. The average Bonchev–Trinajstić information content (AvgIpc) is 3.52. The third-order valence-corrected chi connectivity index (χ3v) is 7.95. The summed E-state index contributed by atoms with van der Waals surface area (Å²) in [5, 5.41) is 12.4. The number of aliphatic carboxylic acids is 1. The van der Waals surface area contributed by atoms with Gasteiger partial charge in [0.25, 0.3) is 0 Å². The molecule has 2 N–H and O–H groups in total. The molecular formula is C28H30N2O5. The van der Waals surface area contributed by atoms with Crippen LogP contribution in [0.5, 0.6) is 0 Å². The Kier molecular flexibility index (Phi) is 5.87. The fourth-order valence-electron chi connectivity index (χ4n) is 5.61. The summed E-state index contributed by atoms with van der Waals surface area (Å²) < 4.78 is 5.62. The molecule has 0 saturated carbocycles. The molecule has 35 heavy (non-hydrogen) atoms. The minimum absolute atomic E-state index is 0.0118. The van der Waals surface area contributed by atoms with E-state index >= 15 is 0 Å². The number of carbonyl (C=O) groups is 3. The van der Waals surface area contributed by atoms with Crippen LogP contribution in [0.2, 0.25) is 0 Å². The molecule has 4 atom stereocenters. The van der Waals surface area contributed by atoms with Gasteiger partial charge in [0.2, 0.25) is 5.91 Å². The number of carboxylic acid groups (broad SMARTS) is 1. The number of amides is 2. The van der Waals surface area contributed by atoms with Crippen LogP contribution in [0.1, 0.15) is 37.3 Å². The summed E-state index contributed by atoms with van der Waals surface area (Å²) in [4.78, 5) is 38.9. The van der Waals surface area contributed by atoms with Gasteiger partial charge in [-0.1, -0.05) is 67.6 Å². The summed E-state index contributed by atoms with van der Waals surface area (Å²) in [6, 6.07) is 16.1. The Hall–Kier alpha value is -3.61. The highest BCUT2D eigenvalue weighted by molar-refractivity contribution is 5.84. The van der Waals surface area contributed by atoms with Crippen LogP contribution in [0.15, 0.2) is 60.7 Å². The van der Waals surface area contributed by atoms with Crippen molar-refractivity contribution in [1.29, 1.82) is 0 Å². The molecule has 7 nitrogen and oxygen atoms in total. The van der Waals surface area contributed by atoms with Crippen molar-refractivity contribution in [3.63, 3.8) is 0 Å². The van der Waals surface area contributed by atoms with E-state index in [2.05, 4.69) is 29.6 Å². The van der Waals surface area contributed by atoms with E-state index in [1.807, 2.05) is 37.3 Å². The van der Waals surface area contributed by atoms with Gasteiger partial charge in [0.05, 0.1) is 17.4 Å². The molecule has 3 aliphatic rings. The first-order valence-corrected chi connectivity index (χ1v) is 12.1. The minimum Gasteiger partial charge on any atom is -0.481 e. The Labute approximate surface area is 204 Å².